The van der Waals surface area contributed by atoms with Crippen LogP contribution in [0.1, 0.15) is 0 Å². The van der Waals surface area contributed by atoms with Crippen LogP contribution >= 0.6 is 45.2 Å². The second-order valence-electron chi connectivity index (χ2n) is 7.27. The lowest BCUT2D eigenvalue weighted by Crippen LogP contribution is -2.68. The van der Waals surface area contributed by atoms with Gasteiger partial charge in [0.05, 0.1) is 9.79 Å². The Morgan fingerprint density at radius 1 is 0.475 bits per heavy atom. The summed E-state index contributed by atoms with van der Waals surface area (Å²) in [5.74, 6) is -15.8. The average molecular weight is 892 g/mol. The van der Waals surface area contributed by atoms with Gasteiger partial charge in [0.15, 0.2) is 0 Å². The molecule has 0 aliphatic carbocycles. The molecule has 0 unspecified atom stereocenters. The minimum atomic E-state index is -7.89. The van der Waals surface area contributed by atoms with E-state index in [0.717, 1.165) is 24.3 Å². The largest absolute Gasteiger partial charge is 0.428 e. The number of sulfonamides is 4. The van der Waals surface area contributed by atoms with E-state index in [4.69, 9.17) is 0 Å². The number of nitrogens with one attached hydrogen (secondary N) is 2. The second-order valence-corrected chi connectivity index (χ2v) is 17.1. The molecule has 0 saturated carbocycles. The molecule has 40 heavy (non-hydrogen) atoms. The lowest BCUT2D eigenvalue weighted by Gasteiger charge is -2.35. The molecule has 0 bridgehead atoms. The van der Waals surface area contributed by atoms with Crippen molar-refractivity contribution in [2.45, 2.75) is 32.1 Å². The maximum absolute atomic E-state index is 14.3. The van der Waals surface area contributed by atoms with Crippen molar-refractivity contribution in [3.63, 3.8) is 0 Å². The molecule has 0 aromatic heterocycles. The molecule has 0 atom stereocenters. The molecule has 0 amide bonds. The van der Waals surface area contributed by atoms with Gasteiger partial charge in [-0.1, -0.05) is 8.25 Å². The van der Waals surface area contributed by atoms with E-state index < -0.39 is 72.2 Å². The number of hydrogen-bond acceptors (Lipinski definition) is 8. The first kappa shape index (κ1) is 35.3. The monoisotopic (exact) mass is 892 g/mol. The summed E-state index contributed by atoms with van der Waals surface area (Å²) in [6, 6.07) is 6.15. The van der Waals surface area contributed by atoms with Gasteiger partial charge < -0.3 is 0 Å². The zero-order valence-corrected chi connectivity index (χ0v) is 25.9. The highest BCUT2D eigenvalue weighted by Gasteiger charge is 2.87. The quantitative estimate of drug-likeness (QED) is 0.257. The Morgan fingerprint density at radius 3 is 0.925 bits per heavy atom. The normalized spacial score (nSPS) is 14.8. The molecule has 0 aliphatic rings. The van der Waals surface area contributed by atoms with Crippen molar-refractivity contribution in [3.05, 3.63) is 55.7 Å². The summed E-state index contributed by atoms with van der Waals surface area (Å²) >= 11 is 3.22. The van der Waals surface area contributed by atoms with E-state index in [1.54, 1.807) is 45.2 Å². The summed E-state index contributed by atoms with van der Waals surface area (Å²) in [5.41, 5.74) is 0. The summed E-state index contributed by atoms with van der Waals surface area (Å²) in [7, 11) is -26.6. The molecule has 2 aromatic rings. The van der Waals surface area contributed by atoms with Crippen LogP contribution in [0, 0.1) is 7.14 Å². The first-order valence-corrected chi connectivity index (χ1v) is 17.3. The third-order valence-electron chi connectivity index (χ3n) is 4.49. The Bertz CT molecular complexity index is 1590. The molecule has 0 aliphatic heterocycles. The van der Waals surface area contributed by atoms with Crippen LogP contribution in [0.5, 0.6) is 0 Å². The first-order chi connectivity index (χ1) is 17.7. The Morgan fingerprint density at radius 2 is 0.700 bits per heavy atom. The molecule has 0 spiro atoms. The molecule has 226 valence electrons. The van der Waals surface area contributed by atoms with Crippen molar-refractivity contribution in [3.8, 4) is 0 Å². The van der Waals surface area contributed by atoms with Gasteiger partial charge in [-0.05, 0) is 93.7 Å². The standard InChI is InChI=1S/C16H10F8I2N2O8S4/c17-13(18,15(21,22)39(33,34)27-37(29,30)11-5-1-9(25)2-6-11)14(19,20)16(23,24)40(35,36)28-38(31,32)12-7-3-10(26)4-8-12/h1-8,27-28H. The zero-order chi connectivity index (χ0) is 31.4. The molecule has 2 aromatic carbocycles. The Balaban J connectivity index is 2.54. The van der Waals surface area contributed by atoms with E-state index in [-0.39, 0.29) is 8.25 Å². The topological polar surface area (TPSA) is 161 Å². The molecule has 24 heteroatoms. The number of alkyl halides is 8. The Hall–Kier alpha value is -0.940. The van der Waals surface area contributed by atoms with Gasteiger partial charge in [-0.15, -0.1) is 0 Å². The van der Waals surface area contributed by atoms with Gasteiger partial charge in [0.1, 0.15) is 0 Å². The molecular formula is C16H10F8I2N2O8S4. The smallest absolute Gasteiger partial charge is 0.206 e. The summed E-state index contributed by atoms with van der Waals surface area (Å²) in [4.78, 5) is -2.33. The highest BCUT2D eigenvalue weighted by molar-refractivity contribution is 14.1. The minimum absolute atomic E-state index is 0.0135. The summed E-state index contributed by atoms with van der Waals surface area (Å²) < 4.78 is 211. The molecule has 0 fully saturated rings. The Labute approximate surface area is 248 Å². The maximum Gasteiger partial charge on any atom is 0.428 e. The van der Waals surface area contributed by atoms with Crippen LogP contribution < -0.4 is 8.25 Å². The van der Waals surface area contributed by atoms with Crippen LogP contribution in [0.2, 0.25) is 0 Å². The van der Waals surface area contributed by atoms with Crippen LogP contribution in [0.4, 0.5) is 35.1 Å². The van der Waals surface area contributed by atoms with Crippen LogP contribution in [-0.4, -0.2) is 56.0 Å². The minimum Gasteiger partial charge on any atom is -0.206 e. The van der Waals surface area contributed by atoms with Crippen molar-refractivity contribution in [1.29, 1.82) is 0 Å². The SMILES string of the molecule is O=S(=O)(NS(=O)(=O)C(F)(F)C(F)(F)C(F)(F)C(F)(F)S(=O)(=O)NS(=O)(=O)c1ccc(I)cc1)c1ccc(I)cc1. The summed E-state index contributed by atoms with van der Waals surface area (Å²) in [5, 5.41) is -14.9. The second kappa shape index (κ2) is 11.0. The number of hydrogen-bond donors (Lipinski definition) is 2. The van der Waals surface area contributed by atoms with E-state index in [9.17, 15) is 68.8 Å². The van der Waals surface area contributed by atoms with Gasteiger partial charge in [-0.3, -0.25) is 0 Å². The average Bonchev–Trinajstić information content (AvgIpc) is 2.77. The van der Waals surface area contributed by atoms with Crippen LogP contribution in [0.3, 0.4) is 0 Å². The van der Waals surface area contributed by atoms with Crippen molar-refractivity contribution >= 4 is 85.3 Å². The third kappa shape index (κ3) is 6.21. The zero-order valence-electron chi connectivity index (χ0n) is 18.3. The first-order valence-electron chi connectivity index (χ1n) is 9.25. The third-order valence-corrected chi connectivity index (χ3v) is 13.1. The molecular weight excluding hydrogens is 882 g/mol. The fourth-order valence-corrected chi connectivity index (χ4v) is 8.98. The lowest BCUT2D eigenvalue weighted by molar-refractivity contribution is -0.325. The van der Waals surface area contributed by atoms with Gasteiger partial charge >= 0.3 is 22.4 Å². The lowest BCUT2D eigenvalue weighted by atomic mass is 10.2. The highest BCUT2D eigenvalue weighted by Crippen LogP contribution is 2.55. The van der Waals surface area contributed by atoms with Crippen molar-refractivity contribution in [1.82, 2.24) is 8.25 Å². The van der Waals surface area contributed by atoms with E-state index >= 15 is 0 Å². The molecule has 0 saturated heterocycles. The van der Waals surface area contributed by atoms with Crippen LogP contribution in [0.25, 0.3) is 0 Å². The Kier molecular flexibility index (Phi) is 9.66. The molecule has 0 heterocycles. The van der Waals surface area contributed by atoms with Gasteiger partial charge in [0.2, 0.25) is 0 Å². The van der Waals surface area contributed by atoms with Crippen LogP contribution in [-0.2, 0) is 40.1 Å². The maximum atomic E-state index is 14.3. The van der Waals surface area contributed by atoms with Crippen LogP contribution in [0.15, 0.2) is 58.3 Å². The highest BCUT2D eigenvalue weighted by atomic mass is 127. The number of benzene rings is 2. The van der Waals surface area contributed by atoms with E-state index in [1.807, 2.05) is 0 Å². The van der Waals surface area contributed by atoms with Gasteiger partial charge in [0, 0.05) is 7.14 Å². The van der Waals surface area contributed by atoms with Crippen molar-refractivity contribution in [2.24, 2.45) is 0 Å². The van der Waals surface area contributed by atoms with E-state index in [0.29, 0.717) is 31.4 Å². The van der Waals surface area contributed by atoms with Gasteiger partial charge in [-0.25, -0.2) is 33.7 Å². The van der Waals surface area contributed by atoms with E-state index in [2.05, 4.69) is 0 Å². The van der Waals surface area contributed by atoms with Crippen molar-refractivity contribution in [2.75, 3.05) is 0 Å². The summed E-state index contributed by atoms with van der Waals surface area (Å²) in [6.45, 7) is 0. The number of rotatable bonds is 11. The summed E-state index contributed by atoms with van der Waals surface area (Å²) in [6.07, 6.45) is 0. The van der Waals surface area contributed by atoms with Gasteiger partial charge in [0.25, 0.3) is 40.1 Å². The molecule has 10 nitrogen and oxygen atoms in total. The van der Waals surface area contributed by atoms with Gasteiger partial charge in [-0.2, -0.15) is 35.1 Å². The predicted octanol–water partition coefficient (Wildman–Crippen LogP) is 3.27. The molecule has 2 N–H and O–H groups in total. The molecule has 0 radical (unpaired) electrons. The molecule has 2 rings (SSSR count). The van der Waals surface area contributed by atoms with E-state index in [1.165, 1.54) is 0 Å². The fourth-order valence-electron chi connectivity index (χ4n) is 2.42. The number of halogens is 10. The predicted molar refractivity (Wildman–Crippen MR) is 137 cm³/mol. The fraction of sp³-hybridized carbons (Fsp3) is 0.250. The van der Waals surface area contributed by atoms with Crippen molar-refractivity contribution < 1.29 is 68.8 Å².